The number of aliphatic imine (C=N–C) groups is 1. The number of guanidine groups is 1. The Balaban J connectivity index is 1.93. The first kappa shape index (κ1) is 15.6. The van der Waals surface area contributed by atoms with Crippen molar-refractivity contribution in [3.63, 3.8) is 0 Å². The summed E-state index contributed by atoms with van der Waals surface area (Å²) < 4.78 is 10.9. The fraction of sp³-hybridized carbons (Fsp3) is 0.933. The summed E-state index contributed by atoms with van der Waals surface area (Å²) in [4.78, 5) is 6.93. The van der Waals surface area contributed by atoms with Crippen LogP contribution in [0.3, 0.4) is 0 Å². The summed E-state index contributed by atoms with van der Waals surface area (Å²) in [5.74, 6) is 0.717. The van der Waals surface area contributed by atoms with Crippen LogP contribution in [-0.2, 0) is 9.47 Å². The van der Waals surface area contributed by atoms with Gasteiger partial charge in [-0.25, -0.2) is 0 Å². The Labute approximate surface area is 122 Å². The fourth-order valence-electron chi connectivity index (χ4n) is 3.11. The van der Waals surface area contributed by atoms with Crippen LogP contribution in [0.15, 0.2) is 4.99 Å². The van der Waals surface area contributed by atoms with E-state index < -0.39 is 0 Å². The number of methoxy groups -OCH3 is 1. The minimum atomic E-state index is 0.115. The zero-order valence-corrected chi connectivity index (χ0v) is 12.8. The molecule has 2 saturated heterocycles. The standard InChI is InChI=1S/C15H29N3O2/c1-19-13-15(6-10-20-11-7-15)12-17-14(16)18-8-4-2-3-5-9-18/h2-13H2,1H3,(H2,16,17). The van der Waals surface area contributed by atoms with Crippen LogP contribution < -0.4 is 5.73 Å². The van der Waals surface area contributed by atoms with Crippen LogP contribution in [0.5, 0.6) is 0 Å². The molecule has 2 heterocycles. The molecular weight excluding hydrogens is 254 g/mol. The van der Waals surface area contributed by atoms with Gasteiger partial charge in [0.25, 0.3) is 0 Å². The molecular formula is C15H29N3O2. The Kier molecular flexibility index (Phi) is 6.10. The Hall–Kier alpha value is -0.810. The molecule has 2 N–H and O–H groups in total. The molecule has 0 aromatic carbocycles. The van der Waals surface area contributed by atoms with Crippen LogP contribution in [0.4, 0.5) is 0 Å². The summed E-state index contributed by atoms with van der Waals surface area (Å²) >= 11 is 0. The zero-order valence-electron chi connectivity index (χ0n) is 12.8. The number of hydrogen-bond donors (Lipinski definition) is 1. The van der Waals surface area contributed by atoms with Crippen LogP contribution in [0.25, 0.3) is 0 Å². The van der Waals surface area contributed by atoms with E-state index in [0.29, 0.717) is 5.96 Å². The molecule has 116 valence electrons. The topological polar surface area (TPSA) is 60.1 Å². The summed E-state index contributed by atoms with van der Waals surface area (Å²) in [7, 11) is 1.76. The molecule has 5 nitrogen and oxygen atoms in total. The van der Waals surface area contributed by atoms with Crippen LogP contribution in [0, 0.1) is 5.41 Å². The molecule has 0 amide bonds. The highest BCUT2D eigenvalue weighted by molar-refractivity contribution is 5.78. The fourth-order valence-corrected chi connectivity index (χ4v) is 3.11. The largest absolute Gasteiger partial charge is 0.384 e. The Bertz CT molecular complexity index is 301. The second-order valence-electron chi connectivity index (χ2n) is 6.12. The molecule has 0 aromatic rings. The third-order valence-corrected chi connectivity index (χ3v) is 4.51. The lowest BCUT2D eigenvalue weighted by Crippen LogP contribution is -2.41. The maximum atomic E-state index is 6.19. The maximum absolute atomic E-state index is 6.19. The molecule has 2 aliphatic heterocycles. The first-order valence-electron chi connectivity index (χ1n) is 7.87. The third kappa shape index (κ3) is 4.35. The minimum Gasteiger partial charge on any atom is -0.384 e. The van der Waals surface area contributed by atoms with Gasteiger partial charge in [0.15, 0.2) is 5.96 Å². The normalized spacial score (nSPS) is 24.4. The van der Waals surface area contributed by atoms with Crippen LogP contribution in [0.1, 0.15) is 38.5 Å². The quantitative estimate of drug-likeness (QED) is 0.629. The molecule has 0 saturated carbocycles. The van der Waals surface area contributed by atoms with Gasteiger partial charge in [-0.3, -0.25) is 4.99 Å². The number of nitrogens with two attached hydrogens (primary N) is 1. The molecule has 0 bridgehead atoms. The SMILES string of the molecule is COCC1(CN=C(N)N2CCCCCC2)CCOCC1. The molecule has 2 rings (SSSR count). The number of hydrogen-bond acceptors (Lipinski definition) is 3. The number of likely N-dealkylation sites (tertiary alicyclic amines) is 1. The lowest BCUT2D eigenvalue weighted by Gasteiger charge is -2.35. The van der Waals surface area contributed by atoms with Crippen LogP contribution in [0.2, 0.25) is 0 Å². The molecule has 0 spiro atoms. The van der Waals surface area contributed by atoms with Gasteiger partial charge < -0.3 is 20.1 Å². The van der Waals surface area contributed by atoms with Gasteiger partial charge in [-0.05, 0) is 25.7 Å². The first-order chi connectivity index (χ1) is 9.76. The van der Waals surface area contributed by atoms with Crippen molar-refractivity contribution in [2.24, 2.45) is 16.1 Å². The number of nitrogens with zero attached hydrogens (tertiary/aromatic N) is 2. The van der Waals surface area contributed by atoms with Gasteiger partial charge in [-0.2, -0.15) is 0 Å². The van der Waals surface area contributed by atoms with E-state index in [1.807, 2.05) is 0 Å². The van der Waals surface area contributed by atoms with Crippen molar-refractivity contribution >= 4 is 5.96 Å². The second kappa shape index (κ2) is 7.84. The van der Waals surface area contributed by atoms with E-state index in [2.05, 4.69) is 9.89 Å². The second-order valence-corrected chi connectivity index (χ2v) is 6.12. The van der Waals surface area contributed by atoms with E-state index in [1.54, 1.807) is 7.11 Å². The molecule has 2 aliphatic rings. The van der Waals surface area contributed by atoms with Gasteiger partial charge in [-0.1, -0.05) is 12.8 Å². The van der Waals surface area contributed by atoms with E-state index in [9.17, 15) is 0 Å². The summed E-state index contributed by atoms with van der Waals surface area (Å²) in [6, 6.07) is 0. The molecule has 5 heteroatoms. The van der Waals surface area contributed by atoms with Gasteiger partial charge >= 0.3 is 0 Å². The van der Waals surface area contributed by atoms with Crippen molar-refractivity contribution in [2.75, 3.05) is 46.6 Å². The average molecular weight is 283 g/mol. The van der Waals surface area contributed by atoms with Gasteiger partial charge in [0.2, 0.25) is 0 Å². The third-order valence-electron chi connectivity index (χ3n) is 4.51. The molecule has 0 unspecified atom stereocenters. The lowest BCUT2D eigenvalue weighted by molar-refractivity contribution is -0.0224. The number of rotatable bonds is 4. The van der Waals surface area contributed by atoms with Crippen molar-refractivity contribution in [3.8, 4) is 0 Å². The van der Waals surface area contributed by atoms with Crippen molar-refractivity contribution < 1.29 is 9.47 Å². The van der Waals surface area contributed by atoms with Crippen molar-refractivity contribution in [1.29, 1.82) is 0 Å². The summed E-state index contributed by atoms with van der Waals surface area (Å²) in [6.45, 7) is 5.22. The predicted octanol–water partition coefficient (Wildman–Crippen LogP) is 1.62. The summed E-state index contributed by atoms with van der Waals surface area (Å²) in [5.41, 5.74) is 6.31. The van der Waals surface area contributed by atoms with Gasteiger partial charge in [0, 0.05) is 38.8 Å². The highest BCUT2D eigenvalue weighted by atomic mass is 16.5. The maximum Gasteiger partial charge on any atom is 0.191 e. The van der Waals surface area contributed by atoms with E-state index >= 15 is 0 Å². The van der Waals surface area contributed by atoms with E-state index in [0.717, 1.165) is 52.3 Å². The minimum absolute atomic E-state index is 0.115. The summed E-state index contributed by atoms with van der Waals surface area (Å²) in [5, 5.41) is 0. The highest BCUT2D eigenvalue weighted by Crippen LogP contribution is 2.31. The highest BCUT2D eigenvalue weighted by Gasteiger charge is 2.32. The molecule has 20 heavy (non-hydrogen) atoms. The van der Waals surface area contributed by atoms with E-state index in [-0.39, 0.29) is 5.41 Å². The summed E-state index contributed by atoms with van der Waals surface area (Å²) in [6.07, 6.45) is 7.11. The smallest absolute Gasteiger partial charge is 0.191 e. The van der Waals surface area contributed by atoms with Crippen molar-refractivity contribution in [2.45, 2.75) is 38.5 Å². The monoisotopic (exact) mass is 283 g/mol. The molecule has 0 aliphatic carbocycles. The zero-order chi connectivity index (χ0) is 14.3. The van der Waals surface area contributed by atoms with Gasteiger partial charge in [-0.15, -0.1) is 0 Å². The van der Waals surface area contributed by atoms with E-state index in [1.165, 1.54) is 25.7 Å². The average Bonchev–Trinajstić information content (AvgIpc) is 2.75. The number of ether oxygens (including phenoxy) is 2. The predicted molar refractivity (Wildman–Crippen MR) is 80.9 cm³/mol. The van der Waals surface area contributed by atoms with Crippen LogP contribution in [-0.4, -0.2) is 57.4 Å². The Morgan fingerprint density at radius 2 is 1.85 bits per heavy atom. The van der Waals surface area contributed by atoms with E-state index in [4.69, 9.17) is 15.2 Å². The molecule has 2 fully saturated rings. The molecule has 0 atom stereocenters. The first-order valence-corrected chi connectivity index (χ1v) is 7.87. The molecule has 0 aromatic heterocycles. The van der Waals surface area contributed by atoms with Crippen LogP contribution >= 0.6 is 0 Å². The van der Waals surface area contributed by atoms with Gasteiger partial charge in [0.05, 0.1) is 13.2 Å². The van der Waals surface area contributed by atoms with Crippen molar-refractivity contribution in [3.05, 3.63) is 0 Å². The van der Waals surface area contributed by atoms with Gasteiger partial charge in [0.1, 0.15) is 0 Å². The Morgan fingerprint density at radius 3 is 2.45 bits per heavy atom. The Morgan fingerprint density at radius 1 is 1.20 bits per heavy atom. The molecule has 0 radical (unpaired) electrons. The van der Waals surface area contributed by atoms with Crippen molar-refractivity contribution in [1.82, 2.24) is 4.90 Å². The lowest BCUT2D eigenvalue weighted by atomic mass is 9.81.